The van der Waals surface area contributed by atoms with Gasteiger partial charge in [0.05, 0.1) is 5.69 Å². The van der Waals surface area contributed by atoms with E-state index in [1.54, 1.807) is 30.3 Å². The summed E-state index contributed by atoms with van der Waals surface area (Å²) in [6, 6.07) is 19.1. The summed E-state index contributed by atoms with van der Waals surface area (Å²) in [6.07, 6.45) is -6.83. The van der Waals surface area contributed by atoms with E-state index in [0.717, 1.165) is 5.56 Å². The summed E-state index contributed by atoms with van der Waals surface area (Å²) < 4.78 is 61.0. The van der Waals surface area contributed by atoms with E-state index in [-0.39, 0.29) is 29.0 Å². The first-order valence-corrected chi connectivity index (χ1v) is 11.8. The zero-order valence-corrected chi connectivity index (χ0v) is 20.2. The average molecular weight is 539 g/mol. The number of nitrogens with two attached hydrogens (primary N) is 2. The molecule has 0 saturated heterocycles. The van der Waals surface area contributed by atoms with Gasteiger partial charge in [0.1, 0.15) is 11.4 Å². The van der Waals surface area contributed by atoms with Crippen LogP contribution < -0.4 is 16.2 Å². The number of alkyl halides is 3. The summed E-state index contributed by atoms with van der Waals surface area (Å²) >= 11 is 0. The molecule has 1 fully saturated rings. The average Bonchev–Trinajstić information content (AvgIpc) is 3.60. The Balaban J connectivity index is 1.39. The second-order valence-electron chi connectivity index (χ2n) is 9.35. The lowest BCUT2D eigenvalue weighted by Gasteiger charge is -2.22. The zero-order valence-electron chi connectivity index (χ0n) is 20.2. The smallest absolute Gasteiger partial charge is 0.429 e. The van der Waals surface area contributed by atoms with Crippen LogP contribution in [0.2, 0.25) is 0 Å². The van der Waals surface area contributed by atoms with Crippen LogP contribution in [-0.2, 0) is 4.79 Å². The fourth-order valence-electron chi connectivity index (χ4n) is 4.43. The molecule has 11 heteroatoms. The van der Waals surface area contributed by atoms with E-state index < -0.39 is 29.6 Å². The van der Waals surface area contributed by atoms with Crippen LogP contribution in [0.15, 0.2) is 78.9 Å². The number of carbonyl (C=O) groups is 1. The Morgan fingerprint density at radius 1 is 0.974 bits per heavy atom. The van der Waals surface area contributed by atoms with Crippen molar-refractivity contribution in [3.8, 4) is 28.3 Å². The number of carboxylic acid groups (broad SMARTS) is 1. The summed E-state index contributed by atoms with van der Waals surface area (Å²) in [4.78, 5) is 19.3. The molecule has 1 aliphatic carbocycles. The van der Waals surface area contributed by atoms with Gasteiger partial charge in [0.2, 0.25) is 17.9 Å². The van der Waals surface area contributed by atoms with E-state index in [4.69, 9.17) is 16.2 Å². The van der Waals surface area contributed by atoms with Crippen molar-refractivity contribution in [3.63, 3.8) is 0 Å². The van der Waals surface area contributed by atoms with Crippen molar-refractivity contribution in [3.05, 3.63) is 95.8 Å². The van der Waals surface area contributed by atoms with Gasteiger partial charge < -0.3 is 21.3 Å². The maximum absolute atomic E-state index is 14.0. The van der Waals surface area contributed by atoms with Crippen molar-refractivity contribution in [1.29, 1.82) is 0 Å². The minimum atomic E-state index is -4.79. The fourth-order valence-corrected chi connectivity index (χ4v) is 4.43. The molecule has 0 spiro atoms. The van der Waals surface area contributed by atoms with E-state index in [0.29, 0.717) is 23.1 Å². The number of nitrogen functional groups attached to an aromatic ring is 1. The number of anilines is 1. The molecule has 1 saturated carbocycles. The molecule has 0 amide bonds. The predicted molar refractivity (Wildman–Crippen MR) is 135 cm³/mol. The molecule has 200 valence electrons. The number of hydrogen-bond acceptors (Lipinski definition) is 6. The molecular formula is C28H22F4N4O3. The molecule has 1 heterocycles. The number of rotatable bonds is 7. The Labute approximate surface area is 220 Å². The molecule has 3 unspecified atom stereocenters. The van der Waals surface area contributed by atoms with Crippen LogP contribution in [0.25, 0.3) is 22.4 Å². The largest absolute Gasteiger partial charge is 0.480 e. The van der Waals surface area contributed by atoms with Crippen LogP contribution in [0, 0.1) is 5.82 Å². The number of benzene rings is 3. The number of hydrogen-bond donors (Lipinski definition) is 3. The van der Waals surface area contributed by atoms with Crippen LogP contribution in [0.5, 0.6) is 5.88 Å². The SMILES string of the molecule is Nc1nc(OC(c2ccc(-c3cccc(F)c3)cc2)C(F)(F)F)cc(-c2ccc(C3CC3(N)C(=O)O)cc2)n1. The van der Waals surface area contributed by atoms with Crippen LogP contribution >= 0.6 is 0 Å². The molecule has 0 aliphatic heterocycles. The third kappa shape index (κ3) is 5.39. The minimum Gasteiger partial charge on any atom is -0.480 e. The van der Waals surface area contributed by atoms with Gasteiger partial charge in [-0.2, -0.15) is 18.2 Å². The normalized spacial score (nSPS) is 19.4. The second-order valence-corrected chi connectivity index (χ2v) is 9.35. The number of aliphatic carboxylic acids is 1. The molecule has 3 atom stereocenters. The predicted octanol–water partition coefficient (Wildman–Crippen LogP) is 5.48. The van der Waals surface area contributed by atoms with Gasteiger partial charge in [0.25, 0.3) is 0 Å². The quantitative estimate of drug-likeness (QED) is 0.266. The lowest BCUT2D eigenvalue weighted by Crippen LogP contribution is -2.34. The Morgan fingerprint density at radius 2 is 1.64 bits per heavy atom. The topological polar surface area (TPSA) is 124 Å². The highest BCUT2D eigenvalue weighted by Crippen LogP contribution is 2.49. The zero-order chi connectivity index (χ0) is 27.9. The molecular weight excluding hydrogens is 516 g/mol. The standard InChI is InChI=1S/C28H22F4N4O3/c29-20-3-1-2-19(12-20)15-4-10-18(11-5-15)24(28(30,31)32)39-23-13-22(35-26(33)36-23)17-8-6-16(7-9-17)21-14-27(21,34)25(37)38/h1-13,21,24H,14,34H2,(H,37,38)(H2,33,35,36). The maximum Gasteiger partial charge on any atom is 0.429 e. The fraction of sp³-hybridized carbons (Fsp3) is 0.179. The van der Waals surface area contributed by atoms with Crippen LogP contribution in [-0.4, -0.2) is 32.8 Å². The van der Waals surface area contributed by atoms with E-state index in [1.165, 1.54) is 48.5 Å². The van der Waals surface area contributed by atoms with E-state index >= 15 is 0 Å². The van der Waals surface area contributed by atoms with Crippen molar-refractivity contribution in [1.82, 2.24) is 9.97 Å². The Bertz CT molecular complexity index is 1530. The number of ether oxygens (including phenoxy) is 1. The highest BCUT2D eigenvalue weighted by atomic mass is 19.4. The van der Waals surface area contributed by atoms with Crippen molar-refractivity contribution in [2.45, 2.75) is 30.2 Å². The summed E-state index contributed by atoms with van der Waals surface area (Å²) in [5, 5.41) is 9.26. The Morgan fingerprint density at radius 3 is 2.23 bits per heavy atom. The van der Waals surface area contributed by atoms with Gasteiger partial charge in [-0.25, -0.2) is 9.37 Å². The molecule has 5 rings (SSSR count). The Kier molecular flexibility index (Phi) is 6.47. The monoisotopic (exact) mass is 538 g/mol. The van der Waals surface area contributed by atoms with E-state index in [9.17, 15) is 27.5 Å². The first-order chi connectivity index (χ1) is 18.4. The molecule has 4 aromatic rings. The lowest BCUT2D eigenvalue weighted by atomic mass is 10.0. The maximum atomic E-state index is 14.0. The van der Waals surface area contributed by atoms with Crippen LogP contribution in [0.1, 0.15) is 29.6 Å². The molecule has 1 aromatic heterocycles. The van der Waals surface area contributed by atoms with Crippen molar-refractivity contribution in [2.75, 3.05) is 5.73 Å². The van der Waals surface area contributed by atoms with E-state index in [1.807, 2.05) is 0 Å². The summed E-state index contributed by atoms with van der Waals surface area (Å²) in [5.74, 6) is -2.54. The van der Waals surface area contributed by atoms with Gasteiger partial charge in [-0.1, -0.05) is 60.7 Å². The molecule has 0 radical (unpaired) electrons. The molecule has 1 aliphatic rings. The third-order valence-corrected chi connectivity index (χ3v) is 6.64. The molecule has 39 heavy (non-hydrogen) atoms. The molecule has 3 aromatic carbocycles. The first kappa shape index (κ1) is 26.1. The Hall–Kier alpha value is -4.51. The number of aromatic nitrogens is 2. The molecule has 7 nitrogen and oxygen atoms in total. The summed E-state index contributed by atoms with van der Waals surface area (Å²) in [7, 11) is 0. The van der Waals surface area contributed by atoms with Crippen LogP contribution in [0.3, 0.4) is 0 Å². The number of carboxylic acids is 1. The van der Waals surface area contributed by atoms with Crippen molar-refractivity contribution >= 4 is 11.9 Å². The molecule has 0 bridgehead atoms. The van der Waals surface area contributed by atoms with Gasteiger partial charge in [0.15, 0.2) is 0 Å². The first-order valence-electron chi connectivity index (χ1n) is 11.8. The third-order valence-electron chi connectivity index (χ3n) is 6.64. The summed E-state index contributed by atoms with van der Waals surface area (Å²) in [6.45, 7) is 0. The lowest BCUT2D eigenvalue weighted by molar-refractivity contribution is -0.198. The van der Waals surface area contributed by atoms with Crippen molar-refractivity contribution in [2.24, 2.45) is 5.73 Å². The van der Waals surface area contributed by atoms with Crippen molar-refractivity contribution < 1.29 is 32.2 Å². The van der Waals surface area contributed by atoms with Gasteiger partial charge in [-0.15, -0.1) is 0 Å². The van der Waals surface area contributed by atoms with Gasteiger partial charge >= 0.3 is 12.1 Å². The van der Waals surface area contributed by atoms with Gasteiger partial charge in [-0.3, -0.25) is 4.79 Å². The minimum absolute atomic E-state index is 0.182. The van der Waals surface area contributed by atoms with Gasteiger partial charge in [-0.05, 0) is 35.2 Å². The van der Waals surface area contributed by atoms with Crippen LogP contribution in [0.4, 0.5) is 23.5 Å². The van der Waals surface area contributed by atoms with Gasteiger partial charge in [0, 0.05) is 23.1 Å². The summed E-state index contributed by atoms with van der Waals surface area (Å²) in [5.41, 5.74) is 12.7. The molecule has 5 N–H and O–H groups in total. The highest BCUT2D eigenvalue weighted by Gasteiger charge is 2.58. The van der Waals surface area contributed by atoms with E-state index in [2.05, 4.69) is 9.97 Å². The second kappa shape index (κ2) is 9.66. The number of halogens is 4. The highest BCUT2D eigenvalue weighted by molar-refractivity contribution is 5.85. The number of nitrogens with zero attached hydrogens (tertiary/aromatic N) is 2.